The molecule has 1 radical (unpaired) electrons. The van der Waals surface area contributed by atoms with Crippen LogP contribution in [0.5, 0.6) is 11.5 Å². The first-order chi connectivity index (χ1) is 14.0. The third-order valence-electron chi connectivity index (χ3n) is 4.56. The van der Waals surface area contributed by atoms with Gasteiger partial charge in [0, 0.05) is 56.0 Å². The Morgan fingerprint density at radius 2 is 1.74 bits per heavy atom. The van der Waals surface area contributed by atoms with Gasteiger partial charge in [-0.15, -0.1) is 0 Å². The van der Waals surface area contributed by atoms with Crippen LogP contribution in [0.3, 0.4) is 0 Å². The van der Waals surface area contributed by atoms with Gasteiger partial charge in [0.05, 0.1) is 6.04 Å². The minimum Gasteiger partial charge on any atom is -0.423 e. The number of amides is 2. The van der Waals surface area contributed by atoms with E-state index in [1.807, 2.05) is 0 Å². The van der Waals surface area contributed by atoms with Crippen LogP contribution in [0.4, 0.5) is 0 Å². The van der Waals surface area contributed by atoms with Crippen LogP contribution < -0.4 is 9.47 Å². The molecule has 2 aliphatic rings. The largest absolute Gasteiger partial charge is 0.423 e. The third-order valence-corrected chi connectivity index (χ3v) is 5.51. The van der Waals surface area contributed by atoms with Crippen molar-refractivity contribution in [2.24, 2.45) is 0 Å². The summed E-state index contributed by atoms with van der Waals surface area (Å²) in [5, 5.41) is 0. The number of hydrogen-bond donors (Lipinski definition) is 1. The molecule has 161 valence electrons. The summed E-state index contributed by atoms with van der Waals surface area (Å²) in [6, 6.07) is 2.60. The molecular formula is C18H18N2NaO9S. The summed E-state index contributed by atoms with van der Waals surface area (Å²) in [6.07, 6.45) is 2.82. The third kappa shape index (κ3) is 5.33. The molecule has 0 bridgehead atoms. The van der Waals surface area contributed by atoms with Gasteiger partial charge in [-0.3, -0.25) is 23.7 Å². The molecule has 0 aromatic heterocycles. The average molecular weight is 461 g/mol. The van der Waals surface area contributed by atoms with Gasteiger partial charge in [-0.2, -0.15) is 8.42 Å². The summed E-state index contributed by atoms with van der Waals surface area (Å²) in [4.78, 5) is 48.2. The Bertz CT molecular complexity index is 1070. The second kappa shape index (κ2) is 9.49. The molecule has 2 atom stereocenters. The first kappa shape index (κ1) is 25.0. The molecular weight excluding hydrogens is 443 g/mol. The van der Waals surface area contributed by atoms with E-state index in [0.717, 1.165) is 0 Å². The van der Waals surface area contributed by atoms with Crippen molar-refractivity contribution in [3.63, 3.8) is 0 Å². The molecule has 11 nitrogen and oxygen atoms in total. The van der Waals surface area contributed by atoms with E-state index in [0.29, 0.717) is 9.87 Å². The van der Waals surface area contributed by atoms with Crippen molar-refractivity contribution in [2.45, 2.75) is 32.4 Å². The minimum absolute atomic E-state index is 0. The van der Waals surface area contributed by atoms with E-state index in [9.17, 15) is 27.6 Å². The average Bonchev–Trinajstić information content (AvgIpc) is 2.98. The van der Waals surface area contributed by atoms with Crippen LogP contribution in [-0.2, 0) is 29.5 Å². The van der Waals surface area contributed by atoms with Gasteiger partial charge in [-0.25, -0.2) is 4.31 Å². The number of hydrogen-bond acceptors (Lipinski definition) is 8. The summed E-state index contributed by atoms with van der Waals surface area (Å²) in [6.45, 7) is 2.53. The Morgan fingerprint density at radius 1 is 1.13 bits per heavy atom. The molecule has 2 heterocycles. The fraction of sp³-hybridized carbons (Fsp3) is 0.333. The second-order valence-electron chi connectivity index (χ2n) is 6.67. The number of nitrogens with zero attached hydrogens (tertiary/aromatic N) is 2. The number of rotatable bonds is 5. The van der Waals surface area contributed by atoms with Gasteiger partial charge in [0.2, 0.25) is 5.91 Å². The van der Waals surface area contributed by atoms with E-state index in [4.69, 9.17) is 14.0 Å². The molecule has 2 amide bonds. The maximum atomic E-state index is 12.5. The molecule has 0 spiro atoms. The zero-order valence-electron chi connectivity index (χ0n) is 17.0. The Hall–Kier alpha value is -2.25. The summed E-state index contributed by atoms with van der Waals surface area (Å²) in [5.41, 5.74) is 0.450. The van der Waals surface area contributed by atoms with Gasteiger partial charge in [-0.05, 0) is 30.2 Å². The van der Waals surface area contributed by atoms with E-state index < -0.39 is 46.1 Å². The van der Waals surface area contributed by atoms with Gasteiger partial charge in [0.25, 0.3) is 5.91 Å². The standard InChI is InChI=1S/C18H18N2O9S.Na/c1-10(21)28-14-5-3-12(9-15(14)29-11(2)22)4-6-16(23)19-8-7-13-17(19)18(24)20(13)30(25,26)27;/h3-6,9,13,17H,7-8H2,1-2H3,(H,25,26,27);/t13-,17+;/m1./s1. The van der Waals surface area contributed by atoms with Crippen LogP contribution in [0.15, 0.2) is 24.3 Å². The molecule has 31 heavy (non-hydrogen) atoms. The zero-order chi connectivity index (χ0) is 22.2. The number of ether oxygens (including phenoxy) is 2. The number of β-lactam (4-membered cyclic amide) rings is 1. The fourth-order valence-corrected chi connectivity index (χ4v) is 4.33. The number of carbonyl (C=O) groups is 4. The van der Waals surface area contributed by atoms with E-state index in [1.54, 1.807) is 0 Å². The predicted molar refractivity (Wildman–Crippen MR) is 106 cm³/mol. The number of esters is 2. The maximum absolute atomic E-state index is 12.5. The Balaban J connectivity index is 0.00000341. The fourth-order valence-electron chi connectivity index (χ4n) is 3.43. The van der Waals surface area contributed by atoms with Crippen molar-refractivity contribution in [1.82, 2.24) is 9.21 Å². The van der Waals surface area contributed by atoms with E-state index >= 15 is 0 Å². The van der Waals surface area contributed by atoms with Crippen LogP contribution in [0, 0.1) is 0 Å². The van der Waals surface area contributed by atoms with Gasteiger partial charge in [0.1, 0.15) is 6.04 Å². The first-order valence-electron chi connectivity index (χ1n) is 8.79. The quantitative estimate of drug-likeness (QED) is 0.157. The number of fused-ring (bicyclic) bond motifs is 1. The van der Waals surface area contributed by atoms with Gasteiger partial charge < -0.3 is 14.4 Å². The minimum atomic E-state index is -4.65. The van der Waals surface area contributed by atoms with Crippen LogP contribution in [0.2, 0.25) is 0 Å². The second-order valence-corrected chi connectivity index (χ2v) is 7.96. The SMILES string of the molecule is CC(=O)Oc1ccc(C=CC(=O)N2CC[C@@H]3[C@H]2C(=O)N3S(=O)(=O)O)cc1OC(C)=O.[Na]. The van der Waals surface area contributed by atoms with Crippen molar-refractivity contribution in [3.8, 4) is 11.5 Å². The van der Waals surface area contributed by atoms with Crippen molar-refractivity contribution >= 4 is 69.7 Å². The normalized spacial score (nSPS) is 20.0. The van der Waals surface area contributed by atoms with Crippen molar-refractivity contribution in [2.75, 3.05) is 6.54 Å². The van der Waals surface area contributed by atoms with Crippen LogP contribution in [0.25, 0.3) is 6.08 Å². The maximum Gasteiger partial charge on any atom is 0.362 e. The van der Waals surface area contributed by atoms with E-state index in [-0.39, 0.29) is 54.0 Å². The smallest absolute Gasteiger partial charge is 0.362 e. The Labute approximate surface area is 200 Å². The Morgan fingerprint density at radius 3 is 2.32 bits per heavy atom. The van der Waals surface area contributed by atoms with Crippen molar-refractivity contribution in [3.05, 3.63) is 29.8 Å². The number of benzene rings is 1. The molecule has 2 fully saturated rings. The molecule has 0 unspecified atom stereocenters. The molecule has 13 heteroatoms. The summed E-state index contributed by atoms with van der Waals surface area (Å²) in [7, 11) is -4.65. The van der Waals surface area contributed by atoms with Crippen molar-refractivity contribution < 1.29 is 41.6 Å². The van der Waals surface area contributed by atoms with Gasteiger partial charge in [-0.1, -0.05) is 6.07 Å². The molecule has 1 N–H and O–H groups in total. The van der Waals surface area contributed by atoms with Crippen molar-refractivity contribution in [1.29, 1.82) is 0 Å². The van der Waals surface area contributed by atoms with E-state index in [2.05, 4.69) is 0 Å². The van der Waals surface area contributed by atoms with Crippen LogP contribution in [-0.4, -0.2) is 94.1 Å². The predicted octanol–water partition coefficient (Wildman–Crippen LogP) is -0.216. The molecule has 1 aromatic carbocycles. The summed E-state index contributed by atoms with van der Waals surface area (Å²) in [5.74, 6) is -2.58. The number of carbonyl (C=O) groups excluding carboxylic acids is 4. The molecule has 0 saturated carbocycles. The van der Waals surface area contributed by atoms with Gasteiger partial charge >= 0.3 is 22.2 Å². The molecule has 2 aliphatic heterocycles. The Kier molecular flexibility index (Phi) is 7.66. The molecule has 0 aliphatic carbocycles. The molecule has 2 saturated heterocycles. The topological polar surface area (TPSA) is 148 Å². The number of likely N-dealkylation sites (tertiary alicyclic amines) is 1. The molecule has 1 aromatic rings. The van der Waals surface area contributed by atoms with E-state index in [1.165, 1.54) is 49.1 Å². The monoisotopic (exact) mass is 461 g/mol. The van der Waals surface area contributed by atoms with Crippen LogP contribution >= 0.6 is 0 Å². The van der Waals surface area contributed by atoms with Gasteiger partial charge in [0.15, 0.2) is 11.5 Å². The summed E-state index contributed by atoms with van der Waals surface area (Å²) < 4.78 is 41.9. The first-order valence-corrected chi connectivity index (χ1v) is 10.2. The molecule has 3 rings (SSSR count). The van der Waals surface area contributed by atoms with Crippen LogP contribution in [0.1, 0.15) is 25.8 Å². The summed E-state index contributed by atoms with van der Waals surface area (Å²) >= 11 is 0. The zero-order valence-corrected chi connectivity index (χ0v) is 19.8.